The summed E-state index contributed by atoms with van der Waals surface area (Å²) in [6, 6.07) is 0. The van der Waals surface area contributed by atoms with Crippen molar-refractivity contribution in [2.75, 3.05) is 13.1 Å². The number of hydrogen-bond donors (Lipinski definition) is 3. The molecule has 1 aliphatic rings. The van der Waals surface area contributed by atoms with E-state index in [1.54, 1.807) is 0 Å². The fourth-order valence-corrected chi connectivity index (χ4v) is 2.18. The lowest BCUT2D eigenvalue weighted by Crippen LogP contribution is -2.52. The molecule has 6 heteroatoms. The third kappa shape index (κ3) is 3.07. The summed E-state index contributed by atoms with van der Waals surface area (Å²) in [6.07, 6.45) is 3.68. The number of carbonyl (C=O) groups is 1. The van der Waals surface area contributed by atoms with Gasteiger partial charge in [-0.2, -0.15) is 0 Å². The van der Waals surface area contributed by atoms with Crippen molar-refractivity contribution in [2.24, 2.45) is 0 Å². The van der Waals surface area contributed by atoms with Crippen molar-refractivity contribution in [1.29, 1.82) is 0 Å². The topological polar surface area (TPSA) is 82.7 Å². The Hall–Kier alpha value is -1.43. The number of H-pyrrole nitrogens is 1. The number of nitrogens with zero attached hydrogens (tertiary/aromatic N) is 2. The van der Waals surface area contributed by atoms with E-state index in [-0.39, 0.29) is 17.3 Å². The van der Waals surface area contributed by atoms with Gasteiger partial charge in [0.25, 0.3) is 5.91 Å². The number of aryl methyl sites for hydroxylation is 1. The lowest BCUT2D eigenvalue weighted by Gasteiger charge is -2.34. The normalized spacial score (nSPS) is 18.6. The Morgan fingerprint density at radius 2 is 2.17 bits per heavy atom. The zero-order valence-electron chi connectivity index (χ0n) is 11.0. The SMILES string of the molecule is CCCc1nc(C(=O)NC2(C)CCNCC2)n[nH]1. The van der Waals surface area contributed by atoms with E-state index in [2.05, 4.69) is 39.7 Å². The standard InChI is InChI=1S/C12H21N5O/c1-3-4-9-14-10(17-16-9)11(18)15-12(2)5-7-13-8-6-12/h13H,3-8H2,1-2H3,(H,15,18)(H,14,16,17). The van der Waals surface area contributed by atoms with Gasteiger partial charge in [0.15, 0.2) is 0 Å². The van der Waals surface area contributed by atoms with Crippen LogP contribution in [0.5, 0.6) is 0 Å². The van der Waals surface area contributed by atoms with Crippen molar-refractivity contribution in [1.82, 2.24) is 25.8 Å². The third-order valence-corrected chi connectivity index (χ3v) is 3.34. The summed E-state index contributed by atoms with van der Waals surface area (Å²) in [5.74, 6) is 0.842. The largest absolute Gasteiger partial charge is 0.344 e. The van der Waals surface area contributed by atoms with E-state index in [0.717, 1.165) is 44.6 Å². The van der Waals surface area contributed by atoms with Crippen molar-refractivity contribution < 1.29 is 4.79 Å². The first-order chi connectivity index (χ1) is 8.63. The van der Waals surface area contributed by atoms with Crippen LogP contribution in [0, 0.1) is 0 Å². The van der Waals surface area contributed by atoms with Gasteiger partial charge in [-0.3, -0.25) is 9.89 Å². The zero-order valence-corrected chi connectivity index (χ0v) is 11.0. The Balaban J connectivity index is 1.97. The highest BCUT2D eigenvalue weighted by molar-refractivity contribution is 5.90. The van der Waals surface area contributed by atoms with E-state index in [1.165, 1.54) is 0 Å². The molecule has 0 atom stereocenters. The number of nitrogens with one attached hydrogen (secondary N) is 3. The Morgan fingerprint density at radius 1 is 1.44 bits per heavy atom. The van der Waals surface area contributed by atoms with Crippen LogP contribution in [0.1, 0.15) is 49.6 Å². The van der Waals surface area contributed by atoms with Crippen molar-refractivity contribution in [2.45, 2.75) is 45.1 Å². The van der Waals surface area contributed by atoms with Crippen molar-refractivity contribution in [3.05, 3.63) is 11.6 Å². The molecule has 1 fully saturated rings. The van der Waals surface area contributed by atoms with E-state index in [0.29, 0.717) is 0 Å². The molecule has 2 heterocycles. The van der Waals surface area contributed by atoms with Gasteiger partial charge in [0.2, 0.25) is 5.82 Å². The van der Waals surface area contributed by atoms with Crippen LogP contribution >= 0.6 is 0 Å². The second-order valence-electron chi connectivity index (χ2n) is 5.12. The molecule has 0 radical (unpaired) electrons. The molecule has 1 aromatic rings. The molecule has 1 amide bonds. The van der Waals surface area contributed by atoms with Gasteiger partial charge in [0, 0.05) is 12.0 Å². The predicted octanol–water partition coefficient (Wildman–Crippen LogP) is 0.629. The smallest absolute Gasteiger partial charge is 0.291 e. The van der Waals surface area contributed by atoms with Crippen LogP contribution in [0.15, 0.2) is 0 Å². The molecule has 0 aromatic carbocycles. The van der Waals surface area contributed by atoms with Gasteiger partial charge >= 0.3 is 0 Å². The molecular weight excluding hydrogens is 230 g/mol. The highest BCUT2D eigenvalue weighted by Gasteiger charge is 2.29. The maximum atomic E-state index is 12.1. The van der Waals surface area contributed by atoms with Gasteiger partial charge in [-0.25, -0.2) is 4.98 Å². The van der Waals surface area contributed by atoms with Gasteiger partial charge in [-0.15, -0.1) is 5.10 Å². The van der Waals surface area contributed by atoms with Crippen LogP contribution in [-0.4, -0.2) is 39.7 Å². The van der Waals surface area contributed by atoms with Crippen LogP contribution < -0.4 is 10.6 Å². The van der Waals surface area contributed by atoms with Crippen LogP contribution in [0.3, 0.4) is 0 Å². The second kappa shape index (κ2) is 5.48. The number of amides is 1. The van der Waals surface area contributed by atoms with Crippen LogP contribution in [0.25, 0.3) is 0 Å². The molecule has 18 heavy (non-hydrogen) atoms. The van der Waals surface area contributed by atoms with Crippen molar-refractivity contribution in [3.8, 4) is 0 Å². The van der Waals surface area contributed by atoms with E-state index in [1.807, 2.05) is 0 Å². The van der Waals surface area contributed by atoms with Crippen molar-refractivity contribution in [3.63, 3.8) is 0 Å². The molecule has 100 valence electrons. The summed E-state index contributed by atoms with van der Waals surface area (Å²) >= 11 is 0. The fourth-order valence-electron chi connectivity index (χ4n) is 2.18. The van der Waals surface area contributed by atoms with E-state index in [9.17, 15) is 4.79 Å². The van der Waals surface area contributed by atoms with E-state index in [4.69, 9.17) is 0 Å². The van der Waals surface area contributed by atoms with Crippen LogP contribution in [-0.2, 0) is 6.42 Å². The predicted molar refractivity (Wildman–Crippen MR) is 68.4 cm³/mol. The molecular formula is C12H21N5O. The molecule has 2 rings (SSSR count). The second-order valence-corrected chi connectivity index (χ2v) is 5.12. The molecule has 6 nitrogen and oxygen atoms in total. The number of hydrogen-bond acceptors (Lipinski definition) is 4. The summed E-state index contributed by atoms with van der Waals surface area (Å²) in [6.45, 7) is 6.02. The monoisotopic (exact) mass is 251 g/mol. The number of aromatic nitrogens is 3. The van der Waals surface area contributed by atoms with Gasteiger partial charge in [0.05, 0.1) is 0 Å². The average molecular weight is 251 g/mol. The highest BCUT2D eigenvalue weighted by atomic mass is 16.2. The Morgan fingerprint density at radius 3 is 2.83 bits per heavy atom. The lowest BCUT2D eigenvalue weighted by atomic mass is 9.90. The Labute approximate surface area is 107 Å². The first-order valence-electron chi connectivity index (χ1n) is 6.57. The van der Waals surface area contributed by atoms with Crippen LogP contribution in [0.4, 0.5) is 0 Å². The van der Waals surface area contributed by atoms with Gasteiger partial charge in [0.1, 0.15) is 5.82 Å². The number of piperidine rings is 1. The third-order valence-electron chi connectivity index (χ3n) is 3.34. The minimum absolute atomic E-state index is 0.145. The van der Waals surface area contributed by atoms with Crippen molar-refractivity contribution >= 4 is 5.91 Å². The molecule has 1 aromatic heterocycles. The average Bonchev–Trinajstić information content (AvgIpc) is 2.78. The maximum absolute atomic E-state index is 12.1. The Kier molecular flexibility index (Phi) is 3.96. The first-order valence-corrected chi connectivity index (χ1v) is 6.57. The van der Waals surface area contributed by atoms with Gasteiger partial charge in [-0.05, 0) is 39.3 Å². The molecule has 3 N–H and O–H groups in total. The number of aromatic amines is 1. The summed E-state index contributed by atoms with van der Waals surface area (Å²) < 4.78 is 0. The number of carbonyl (C=O) groups excluding carboxylic acids is 1. The Bertz CT molecular complexity index is 408. The van der Waals surface area contributed by atoms with E-state index >= 15 is 0 Å². The molecule has 0 aliphatic carbocycles. The quantitative estimate of drug-likeness (QED) is 0.733. The zero-order chi connectivity index (χ0) is 13.0. The maximum Gasteiger partial charge on any atom is 0.291 e. The fraction of sp³-hybridized carbons (Fsp3) is 0.750. The molecule has 0 spiro atoms. The number of rotatable bonds is 4. The summed E-state index contributed by atoms with van der Waals surface area (Å²) in [5.41, 5.74) is -0.145. The van der Waals surface area contributed by atoms with Gasteiger partial charge in [-0.1, -0.05) is 6.92 Å². The molecule has 1 aliphatic heterocycles. The highest BCUT2D eigenvalue weighted by Crippen LogP contribution is 2.17. The minimum Gasteiger partial charge on any atom is -0.344 e. The van der Waals surface area contributed by atoms with Gasteiger partial charge < -0.3 is 10.6 Å². The summed E-state index contributed by atoms with van der Waals surface area (Å²) in [5, 5.41) is 13.1. The molecule has 0 saturated carbocycles. The summed E-state index contributed by atoms with van der Waals surface area (Å²) in [7, 11) is 0. The molecule has 1 saturated heterocycles. The molecule has 0 unspecified atom stereocenters. The minimum atomic E-state index is -0.182. The van der Waals surface area contributed by atoms with Crippen LogP contribution in [0.2, 0.25) is 0 Å². The lowest BCUT2D eigenvalue weighted by molar-refractivity contribution is 0.0877. The summed E-state index contributed by atoms with van der Waals surface area (Å²) in [4.78, 5) is 16.3. The van der Waals surface area contributed by atoms with E-state index < -0.39 is 0 Å². The molecule has 0 bridgehead atoms. The first kappa shape index (κ1) is 13.0.